The second kappa shape index (κ2) is 7.10. The number of methoxy groups -OCH3 is 1. The van der Waals surface area contributed by atoms with Crippen LogP contribution in [0.3, 0.4) is 0 Å². The van der Waals surface area contributed by atoms with Crippen LogP contribution in [0.25, 0.3) is 0 Å². The van der Waals surface area contributed by atoms with Crippen LogP contribution in [0.2, 0.25) is 0 Å². The molecule has 0 aliphatic heterocycles. The van der Waals surface area contributed by atoms with Crippen LogP contribution < -0.4 is 10.5 Å². The zero-order chi connectivity index (χ0) is 14.5. The van der Waals surface area contributed by atoms with Crippen molar-refractivity contribution in [3.05, 3.63) is 34.1 Å². The Labute approximate surface area is 131 Å². The van der Waals surface area contributed by atoms with Crippen LogP contribution in [0.1, 0.15) is 18.3 Å². The average Bonchev–Trinajstić information content (AvgIpc) is 2.88. The number of nitrogens with zero attached hydrogens (tertiary/aromatic N) is 3. The minimum Gasteiger partial charge on any atom is -0.497 e. The Morgan fingerprint density at radius 3 is 2.85 bits per heavy atom. The normalized spacial score (nSPS) is 10.8. The SMILES string of the molecule is CCn1c(CN)nnc1SCc1cc(OC)ccc1Br. The molecule has 1 aromatic carbocycles. The quantitative estimate of drug-likeness (QED) is 0.806. The molecule has 108 valence electrons. The molecule has 1 heterocycles. The van der Waals surface area contributed by atoms with Crippen molar-refractivity contribution >= 4 is 27.7 Å². The van der Waals surface area contributed by atoms with E-state index in [4.69, 9.17) is 10.5 Å². The minimum absolute atomic E-state index is 0.407. The van der Waals surface area contributed by atoms with Gasteiger partial charge in [0.15, 0.2) is 5.16 Å². The lowest BCUT2D eigenvalue weighted by Crippen LogP contribution is -2.08. The van der Waals surface area contributed by atoms with E-state index in [-0.39, 0.29) is 0 Å². The molecule has 0 unspecified atom stereocenters. The third-order valence-electron chi connectivity index (χ3n) is 2.90. The summed E-state index contributed by atoms with van der Waals surface area (Å²) in [4.78, 5) is 0. The van der Waals surface area contributed by atoms with Gasteiger partial charge >= 0.3 is 0 Å². The topological polar surface area (TPSA) is 66.0 Å². The van der Waals surface area contributed by atoms with Gasteiger partial charge in [-0.2, -0.15) is 0 Å². The molecule has 7 heteroatoms. The maximum atomic E-state index is 5.65. The van der Waals surface area contributed by atoms with E-state index in [1.54, 1.807) is 18.9 Å². The summed E-state index contributed by atoms with van der Waals surface area (Å²) in [5.41, 5.74) is 6.81. The van der Waals surface area contributed by atoms with Crippen LogP contribution in [-0.4, -0.2) is 21.9 Å². The molecule has 0 radical (unpaired) electrons. The molecule has 0 aliphatic carbocycles. The van der Waals surface area contributed by atoms with Gasteiger partial charge in [-0.15, -0.1) is 10.2 Å². The first-order valence-electron chi connectivity index (χ1n) is 6.27. The molecule has 0 atom stereocenters. The molecule has 1 aromatic heterocycles. The van der Waals surface area contributed by atoms with Gasteiger partial charge in [-0.05, 0) is 30.7 Å². The van der Waals surface area contributed by atoms with Gasteiger partial charge in [0.05, 0.1) is 13.7 Å². The summed E-state index contributed by atoms with van der Waals surface area (Å²) in [6, 6.07) is 5.94. The largest absolute Gasteiger partial charge is 0.497 e. The highest BCUT2D eigenvalue weighted by Gasteiger charge is 2.11. The molecule has 0 bridgehead atoms. The smallest absolute Gasteiger partial charge is 0.191 e. The Morgan fingerprint density at radius 2 is 2.20 bits per heavy atom. The van der Waals surface area contributed by atoms with Gasteiger partial charge in [0.1, 0.15) is 11.6 Å². The predicted octanol–water partition coefficient (Wildman–Crippen LogP) is 2.82. The highest BCUT2D eigenvalue weighted by molar-refractivity contribution is 9.10. The molecule has 2 aromatic rings. The Hall–Kier alpha value is -1.05. The lowest BCUT2D eigenvalue weighted by Gasteiger charge is -2.08. The summed E-state index contributed by atoms with van der Waals surface area (Å²) in [7, 11) is 1.67. The lowest BCUT2D eigenvalue weighted by atomic mass is 10.2. The number of nitrogens with two attached hydrogens (primary N) is 1. The van der Waals surface area contributed by atoms with E-state index in [0.29, 0.717) is 6.54 Å². The first kappa shape index (κ1) is 15.3. The first-order valence-corrected chi connectivity index (χ1v) is 8.04. The van der Waals surface area contributed by atoms with Crippen molar-refractivity contribution in [2.45, 2.75) is 30.9 Å². The molecule has 0 saturated heterocycles. The Kier molecular flexibility index (Phi) is 5.45. The summed E-state index contributed by atoms with van der Waals surface area (Å²) >= 11 is 5.20. The van der Waals surface area contributed by atoms with Crippen LogP contribution in [0, 0.1) is 0 Å². The molecule has 2 N–H and O–H groups in total. The molecule has 0 amide bonds. The Bertz CT molecular complexity index is 588. The fourth-order valence-electron chi connectivity index (χ4n) is 1.83. The first-order chi connectivity index (χ1) is 9.69. The standard InChI is InChI=1S/C13H17BrN4OS/c1-3-18-12(7-15)16-17-13(18)20-8-9-6-10(19-2)4-5-11(9)14/h4-6H,3,7-8,15H2,1-2H3. The van der Waals surface area contributed by atoms with E-state index >= 15 is 0 Å². The van der Waals surface area contributed by atoms with Crippen LogP contribution in [0.4, 0.5) is 0 Å². The van der Waals surface area contributed by atoms with E-state index in [9.17, 15) is 0 Å². The molecule has 0 saturated carbocycles. The van der Waals surface area contributed by atoms with Crippen molar-refractivity contribution < 1.29 is 4.74 Å². The minimum atomic E-state index is 0.407. The van der Waals surface area contributed by atoms with Gasteiger partial charge in [-0.1, -0.05) is 27.7 Å². The van der Waals surface area contributed by atoms with Gasteiger partial charge in [0, 0.05) is 16.8 Å². The number of hydrogen-bond donors (Lipinski definition) is 1. The molecule has 0 fully saturated rings. The van der Waals surface area contributed by atoms with E-state index in [1.165, 1.54) is 0 Å². The number of thioether (sulfide) groups is 1. The highest BCUT2D eigenvalue weighted by Crippen LogP contribution is 2.29. The maximum absolute atomic E-state index is 5.65. The molecular formula is C13H17BrN4OS. The number of aromatic nitrogens is 3. The zero-order valence-electron chi connectivity index (χ0n) is 11.5. The summed E-state index contributed by atoms with van der Waals surface area (Å²) < 4.78 is 8.35. The van der Waals surface area contributed by atoms with Crippen LogP contribution in [-0.2, 0) is 18.8 Å². The van der Waals surface area contributed by atoms with E-state index in [0.717, 1.165) is 39.1 Å². The van der Waals surface area contributed by atoms with Gasteiger partial charge < -0.3 is 15.0 Å². The van der Waals surface area contributed by atoms with Crippen molar-refractivity contribution in [1.29, 1.82) is 0 Å². The molecule has 0 aliphatic rings. The maximum Gasteiger partial charge on any atom is 0.191 e. The van der Waals surface area contributed by atoms with E-state index < -0.39 is 0 Å². The Morgan fingerprint density at radius 1 is 1.40 bits per heavy atom. The Balaban J connectivity index is 2.14. The monoisotopic (exact) mass is 356 g/mol. The van der Waals surface area contributed by atoms with Gasteiger partial charge in [0.2, 0.25) is 0 Å². The molecular weight excluding hydrogens is 340 g/mol. The van der Waals surface area contributed by atoms with Crippen molar-refractivity contribution in [3.63, 3.8) is 0 Å². The second-order valence-corrected chi connectivity index (χ2v) is 5.89. The molecule has 2 rings (SSSR count). The van der Waals surface area contributed by atoms with E-state index in [1.807, 2.05) is 22.8 Å². The molecule has 5 nitrogen and oxygen atoms in total. The predicted molar refractivity (Wildman–Crippen MR) is 83.8 cm³/mol. The highest BCUT2D eigenvalue weighted by atomic mass is 79.9. The van der Waals surface area contributed by atoms with Crippen LogP contribution in [0.5, 0.6) is 5.75 Å². The lowest BCUT2D eigenvalue weighted by molar-refractivity contribution is 0.414. The van der Waals surface area contributed by atoms with Crippen molar-refractivity contribution in [3.8, 4) is 5.75 Å². The number of ether oxygens (including phenoxy) is 1. The average molecular weight is 357 g/mol. The number of rotatable bonds is 6. The van der Waals surface area contributed by atoms with Gasteiger partial charge in [0.25, 0.3) is 0 Å². The van der Waals surface area contributed by atoms with Crippen molar-refractivity contribution in [2.75, 3.05) is 7.11 Å². The summed E-state index contributed by atoms with van der Waals surface area (Å²) in [5, 5.41) is 9.19. The number of halogens is 1. The summed E-state index contributed by atoms with van der Waals surface area (Å²) in [6.45, 7) is 3.29. The van der Waals surface area contributed by atoms with Gasteiger partial charge in [-0.3, -0.25) is 0 Å². The second-order valence-electron chi connectivity index (χ2n) is 4.09. The number of benzene rings is 1. The van der Waals surface area contributed by atoms with E-state index in [2.05, 4.69) is 33.1 Å². The summed E-state index contributed by atoms with van der Waals surface area (Å²) in [6.07, 6.45) is 0. The van der Waals surface area contributed by atoms with Crippen LogP contribution >= 0.6 is 27.7 Å². The number of hydrogen-bond acceptors (Lipinski definition) is 5. The van der Waals surface area contributed by atoms with Crippen molar-refractivity contribution in [1.82, 2.24) is 14.8 Å². The zero-order valence-corrected chi connectivity index (χ0v) is 13.9. The van der Waals surface area contributed by atoms with Crippen LogP contribution in [0.15, 0.2) is 27.8 Å². The fourth-order valence-corrected chi connectivity index (χ4v) is 3.41. The molecule has 20 heavy (non-hydrogen) atoms. The fraction of sp³-hybridized carbons (Fsp3) is 0.385. The third kappa shape index (κ3) is 3.34. The van der Waals surface area contributed by atoms with Gasteiger partial charge in [-0.25, -0.2) is 0 Å². The third-order valence-corrected chi connectivity index (χ3v) is 4.69. The van der Waals surface area contributed by atoms with Crippen molar-refractivity contribution in [2.24, 2.45) is 5.73 Å². The summed E-state index contributed by atoms with van der Waals surface area (Å²) in [5.74, 6) is 2.46. The molecule has 0 spiro atoms.